The van der Waals surface area contributed by atoms with Gasteiger partial charge in [-0.1, -0.05) is 30.3 Å². The lowest BCUT2D eigenvalue weighted by Gasteiger charge is -2.41. The summed E-state index contributed by atoms with van der Waals surface area (Å²) in [4.78, 5) is 23.7. The van der Waals surface area contributed by atoms with Crippen molar-refractivity contribution in [3.8, 4) is 0 Å². The smallest absolute Gasteiger partial charge is 0.337 e. The van der Waals surface area contributed by atoms with Crippen LogP contribution in [0.15, 0.2) is 70.8 Å². The summed E-state index contributed by atoms with van der Waals surface area (Å²) < 4.78 is 39.0. The first-order valence-electron chi connectivity index (χ1n) is 9.72. The van der Waals surface area contributed by atoms with E-state index in [0.717, 1.165) is 4.31 Å². The Balaban J connectivity index is 2.30. The topological polar surface area (TPSA) is 128 Å². The lowest BCUT2D eigenvalue weighted by atomic mass is 9.95. The quantitative estimate of drug-likeness (QED) is 0.379. The van der Waals surface area contributed by atoms with Crippen molar-refractivity contribution in [2.75, 3.05) is 13.7 Å². The molecule has 0 aliphatic carbocycles. The van der Waals surface area contributed by atoms with Crippen LogP contribution in [0.1, 0.15) is 25.5 Å². The average molecular weight is 461 g/mol. The molecular weight excluding hydrogens is 438 g/mol. The maximum absolute atomic E-state index is 13.7. The molecule has 2 aromatic carbocycles. The molecule has 1 aliphatic rings. The Hall–Kier alpha value is -3.28. The summed E-state index contributed by atoms with van der Waals surface area (Å²) in [6.07, 6.45) is -1.18. The second-order valence-electron chi connectivity index (χ2n) is 6.89. The van der Waals surface area contributed by atoms with Crippen molar-refractivity contribution in [3.05, 3.63) is 81.5 Å². The normalized spacial score (nSPS) is 19.3. The minimum atomic E-state index is -4.22. The summed E-state index contributed by atoms with van der Waals surface area (Å²) in [7, 11) is -2.91. The third-order valence-corrected chi connectivity index (χ3v) is 6.76. The van der Waals surface area contributed by atoms with Gasteiger partial charge in [-0.25, -0.2) is 13.2 Å². The predicted molar refractivity (Wildman–Crippen MR) is 115 cm³/mol. The number of nitro benzene ring substituents is 1. The number of carbonyl (C=O) groups excluding carboxylic acids is 1. The lowest BCUT2D eigenvalue weighted by Crippen LogP contribution is -2.55. The van der Waals surface area contributed by atoms with E-state index in [1.165, 1.54) is 43.5 Å². The van der Waals surface area contributed by atoms with Gasteiger partial charge in [0.2, 0.25) is 10.0 Å². The molecule has 11 heteroatoms. The van der Waals surface area contributed by atoms with Crippen LogP contribution in [0.5, 0.6) is 0 Å². The van der Waals surface area contributed by atoms with Crippen molar-refractivity contribution in [2.24, 2.45) is 0 Å². The Labute approximate surface area is 185 Å². The second kappa shape index (κ2) is 9.47. The Morgan fingerprint density at radius 1 is 1.19 bits per heavy atom. The molecule has 0 amide bonds. The third-order valence-electron chi connectivity index (χ3n) is 4.94. The van der Waals surface area contributed by atoms with Gasteiger partial charge < -0.3 is 14.8 Å². The molecule has 3 rings (SSSR count). The molecule has 2 atom stereocenters. The van der Waals surface area contributed by atoms with Crippen LogP contribution < -0.4 is 5.32 Å². The van der Waals surface area contributed by atoms with Crippen LogP contribution in [0.3, 0.4) is 0 Å². The molecule has 0 spiro atoms. The Morgan fingerprint density at radius 2 is 1.88 bits per heavy atom. The van der Waals surface area contributed by atoms with E-state index < -0.39 is 33.3 Å². The molecular formula is C21H23N3O7S. The molecule has 1 N–H and O–H groups in total. The molecule has 2 unspecified atom stereocenters. The van der Waals surface area contributed by atoms with E-state index in [2.05, 4.69) is 5.32 Å². The molecule has 10 nitrogen and oxygen atoms in total. The number of non-ortho nitro benzene ring substituents is 1. The van der Waals surface area contributed by atoms with Gasteiger partial charge in [-0.2, -0.15) is 0 Å². The van der Waals surface area contributed by atoms with Crippen molar-refractivity contribution in [1.29, 1.82) is 0 Å². The Kier molecular flexibility index (Phi) is 6.92. The van der Waals surface area contributed by atoms with Gasteiger partial charge in [0, 0.05) is 24.9 Å². The van der Waals surface area contributed by atoms with Crippen molar-refractivity contribution >= 4 is 21.7 Å². The number of esters is 1. The average Bonchev–Trinajstić information content (AvgIpc) is 2.78. The number of nitrogens with zero attached hydrogens (tertiary/aromatic N) is 2. The van der Waals surface area contributed by atoms with Crippen molar-refractivity contribution in [3.63, 3.8) is 0 Å². The highest BCUT2D eigenvalue weighted by Crippen LogP contribution is 2.40. The lowest BCUT2D eigenvalue weighted by molar-refractivity contribution is -0.385. The molecule has 0 aromatic heterocycles. The summed E-state index contributed by atoms with van der Waals surface area (Å²) in [6.45, 7) is 3.29. The highest BCUT2D eigenvalue weighted by Gasteiger charge is 2.46. The monoisotopic (exact) mass is 461 g/mol. The van der Waals surface area contributed by atoms with E-state index in [1.807, 2.05) is 0 Å². The maximum atomic E-state index is 13.7. The Bertz CT molecular complexity index is 1150. The van der Waals surface area contributed by atoms with Crippen molar-refractivity contribution < 1.29 is 27.6 Å². The van der Waals surface area contributed by atoms with E-state index in [4.69, 9.17) is 9.47 Å². The van der Waals surface area contributed by atoms with Crippen LogP contribution >= 0.6 is 0 Å². The molecule has 0 bridgehead atoms. The van der Waals surface area contributed by atoms with Gasteiger partial charge in [-0.3, -0.25) is 10.1 Å². The van der Waals surface area contributed by atoms with Crippen LogP contribution in [0.4, 0.5) is 5.69 Å². The largest absolute Gasteiger partial charge is 0.463 e. The number of allylic oxidation sites excluding steroid dienone is 1. The first kappa shape index (κ1) is 23.4. The van der Waals surface area contributed by atoms with Gasteiger partial charge in [0.15, 0.2) is 6.35 Å². The van der Waals surface area contributed by atoms with Gasteiger partial charge >= 0.3 is 5.97 Å². The maximum Gasteiger partial charge on any atom is 0.337 e. The van der Waals surface area contributed by atoms with Crippen LogP contribution in [0, 0.1) is 10.1 Å². The predicted octanol–water partition coefficient (Wildman–Crippen LogP) is 2.70. The Morgan fingerprint density at radius 3 is 2.47 bits per heavy atom. The summed E-state index contributed by atoms with van der Waals surface area (Å²) in [5.41, 5.74) is 0.337. The molecule has 0 saturated carbocycles. The minimum Gasteiger partial charge on any atom is -0.463 e. The van der Waals surface area contributed by atoms with Crippen molar-refractivity contribution in [1.82, 2.24) is 9.62 Å². The standard InChI is InChI=1S/C21H23N3O7S/c1-4-31-20(25)18-14(2)22-21(30-3)23(32(28,29)17-11-6-5-7-12-17)19(18)15-9-8-10-16(13-15)24(26)27/h5-13,19,21-22H,4H2,1-3H3. The van der Waals surface area contributed by atoms with E-state index in [9.17, 15) is 23.3 Å². The summed E-state index contributed by atoms with van der Waals surface area (Å²) in [5, 5.41) is 14.3. The van der Waals surface area contributed by atoms with E-state index >= 15 is 0 Å². The van der Waals surface area contributed by atoms with Gasteiger partial charge in [-0.05, 0) is 31.5 Å². The van der Waals surface area contributed by atoms with Gasteiger partial charge in [0.1, 0.15) is 0 Å². The number of methoxy groups -OCH3 is 1. The van der Waals surface area contributed by atoms with Crippen LogP contribution in [-0.2, 0) is 24.3 Å². The molecule has 1 heterocycles. The zero-order chi connectivity index (χ0) is 23.5. The molecule has 0 saturated heterocycles. The van der Waals surface area contributed by atoms with Gasteiger partial charge in [0.05, 0.1) is 28.0 Å². The third kappa shape index (κ3) is 4.35. The van der Waals surface area contributed by atoms with Crippen LogP contribution in [0.25, 0.3) is 0 Å². The summed E-state index contributed by atoms with van der Waals surface area (Å²) in [5.74, 6) is -0.739. The fraction of sp³-hybridized carbons (Fsp3) is 0.286. The number of carbonyl (C=O) groups is 1. The fourth-order valence-electron chi connectivity index (χ4n) is 3.53. The number of ether oxygens (including phenoxy) is 2. The van der Waals surface area contributed by atoms with Crippen molar-refractivity contribution in [2.45, 2.75) is 31.1 Å². The first-order valence-corrected chi connectivity index (χ1v) is 11.2. The zero-order valence-electron chi connectivity index (χ0n) is 17.7. The molecule has 170 valence electrons. The number of nitrogens with one attached hydrogen (secondary N) is 1. The molecule has 2 aromatic rings. The number of nitro groups is 1. The van der Waals surface area contributed by atoms with E-state index in [1.54, 1.807) is 32.0 Å². The molecule has 32 heavy (non-hydrogen) atoms. The molecule has 1 aliphatic heterocycles. The SMILES string of the molecule is CCOC(=O)C1=C(C)NC(OC)N(S(=O)(=O)c2ccccc2)C1c1cccc([N+](=O)[O-])c1. The number of rotatable bonds is 7. The number of hydrogen-bond donors (Lipinski definition) is 1. The first-order chi connectivity index (χ1) is 15.2. The number of hydrogen-bond acceptors (Lipinski definition) is 8. The van der Waals surface area contributed by atoms with E-state index in [-0.39, 0.29) is 28.3 Å². The molecule has 0 radical (unpaired) electrons. The van der Waals surface area contributed by atoms with E-state index in [0.29, 0.717) is 5.70 Å². The fourth-order valence-corrected chi connectivity index (χ4v) is 5.17. The minimum absolute atomic E-state index is 0.0140. The van der Waals surface area contributed by atoms with Gasteiger partial charge in [0.25, 0.3) is 5.69 Å². The zero-order valence-corrected chi connectivity index (χ0v) is 18.5. The van der Waals surface area contributed by atoms with Crippen LogP contribution in [-0.4, -0.2) is 43.7 Å². The molecule has 0 fully saturated rings. The highest BCUT2D eigenvalue weighted by atomic mass is 32.2. The second-order valence-corrected chi connectivity index (χ2v) is 8.74. The summed E-state index contributed by atoms with van der Waals surface area (Å²) in [6, 6.07) is 11.9. The highest BCUT2D eigenvalue weighted by molar-refractivity contribution is 7.89. The van der Waals surface area contributed by atoms with Crippen LogP contribution in [0.2, 0.25) is 0 Å². The summed E-state index contributed by atoms with van der Waals surface area (Å²) >= 11 is 0. The number of benzene rings is 2. The number of sulfonamides is 1. The van der Waals surface area contributed by atoms with Gasteiger partial charge in [-0.15, -0.1) is 4.31 Å².